The van der Waals surface area contributed by atoms with E-state index in [1.165, 1.54) is 0 Å². The Labute approximate surface area is 165 Å². The second-order valence-electron chi connectivity index (χ2n) is 7.42. The third-order valence-electron chi connectivity index (χ3n) is 5.39. The molecule has 0 radical (unpaired) electrons. The molecular formula is C13H8F16N2O. The van der Waals surface area contributed by atoms with E-state index in [9.17, 15) is 75.0 Å². The summed E-state index contributed by atoms with van der Waals surface area (Å²) >= 11 is 0. The van der Waals surface area contributed by atoms with Gasteiger partial charge in [0.05, 0.1) is 12.8 Å². The first kappa shape index (κ1) is 26.7. The minimum Gasteiger partial charge on any atom is -0.292 e. The van der Waals surface area contributed by atoms with Gasteiger partial charge >= 0.3 is 35.5 Å². The van der Waals surface area contributed by atoms with Crippen LogP contribution in [0.4, 0.5) is 70.2 Å². The highest BCUT2D eigenvalue weighted by molar-refractivity contribution is 5.98. The van der Waals surface area contributed by atoms with E-state index < -0.39 is 77.1 Å². The molecule has 4 N–H and O–H groups in total. The molecule has 4 unspecified atom stereocenters. The number of hydrogen-bond donors (Lipinski definition) is 2. The van der Waals surface area contributed by atoms with Gasteiger partial charge in [-0.3, -0.25) is 16.3 Å². The van der Waals surface area contributed by atoms with Crippen LogP contribution in [0.5, 0.6) is 0 Å². The molecule has 2 fully saturated rings. The maximum atomic E-state index is 14.7. The largest absolute Gasteiger partial charge is 0.362 e. The van der Waals surface area contributed by atoms with Crippen molar-refractivity contribution in [1.82, 2.24) is 0 Å². The lowest BCUT2D eigenvalue weighted by atomic mass is 9.63. The molecule has 4 atom stereocenters. The number of Topliss-reactive ketones (excluding diaryl/α,β-unsaturated/α-hetero) is 1. The van der Waals surface area contributed by atoms with Crippen molar-refractivity contribution in [2.45, 2.75) is 71.3 Å². The Kier molecular flexibility index (Phi) is 4.95. The molecule has 0 bridgehead atoms. The summed E-state index contributed by atoms with van der Waals surface area (Å²) in [5.74, 6) is -58.6. The summed E-state index contributed by atoms with van der Waals surface area (Å²) in [6.07, 6.45) is -8.09. The number of rotatable bonds is 2. The van der Waals surface area contributed by atoms with E-state index in [1.807, 2.05) is 0 Å². The predicted octanol–water partition coefficient (Wildman–Crippen LogP) is 3.84. The van der Waals surface area contributed by atoms with Gasteiger partial charge in [-0.1, -0.05) is 0 Å². The van der Waals surface area contributed by atoms with E-state index in [-0.39, 0.29) is 0 Å². The zero-order chi connectivity index (χ0) is 26.0. The number of halogens is 16. The molecule has 188 valence electrons. The van der Waals surface area contributed by atoms with Gasteiger partial charge in [0.1, 0.15) is 0 Å². The lowest BCUT2D eigenvalue weighted by Crippen LogP contribution is -2.86. The molecule has 0 amide bonds. The number of hydrogen-bond acceptors (Lipinski definition) is 3. The molecule has 32 heavy (non-hydrogen) atoms. The SMILES string of the molecule is NC1(F)C(F)(F)C(F)(F)CC(F)(C(=O)C2(F)CC(F)(F)C(F)(F)C(N)(F)C2(F)F)C1(F)F. The lowest BCUT2D eigenvalue weighted by molar-refractivity contribution is -0.395. The average molecular weight is 512 g/mol. The monoisotopic (exact) mass is 512 g/mol. The minimum atomic E-state index is -7.08. The predicted molar refractivity (Wildman–Crippen MR) is 67.7 cm³/mol. The minimum absolute atomic E-state index is 3.70. The van der Waals surface area contributed by atoms with Crippen molar-refractivity contribution in [1.29, 1.82) is 0 Å². The second kappa shape index (κ2) is 5.93. The Morgan fingerprint density at radius 1 is 0.469 bits per heavy atom. The first-order chi connectivity index (χ1) is 13.6. The zero-order valence-electron chi connectivity index (χ0n) is 14.5. The molecule has 0 spiro atoms. The third-order valence-corrected chi connectivity index (χ3v) is 5.39. The molecule has 2 aliphatic rings. The van der Waals surface area contributed by atoms with E-state index in [2.05, 4.69) is 11.5 Å². The summed E-state index contributed by atoms with van der Waals surface area (Å²) in [7, 11) is 0. The van der Waals surface area contributed by atoms with Crippen molar-refractivity contribution in [3.63, 3.8) is 0 Å². The highest BCUT2D eigenvalue weighted by Crippen LogP contribution is 2.67. The zero-order valence-corrected chi connectivity index (χ0v) is 14.5. The summed E-state index contributed by atoms with van der Waals surface area (Å²) < 4.78 is 221. The van der Waals surface area contributed by atoms with E-state index in [0.29, 0.717) is 0 Å². The Hall–Kier alpha value is -1.53. The van der Waals surface area contributed by atoms with E-state index in [4.69, 9.17) is 0 Å². The topological polar surface area (TPSA) is 69.1 Å². The molecule has 3 nitrogen and oxygen atoms in total. The maximum Gasteiger partial charge on any atom is 0.362 e. The van der Waals surface area contributed by atoms with Gasteiger partial charge in [0.25, 0.3) is 11.6 Å². The fraction of sp³-hybridized carbons (Fsp3) is 0.923. The molecule has 0 saturated heterocycles. The van der Waals surface area contributed by atoms with Crippen LogP contribution in [0.1, 0.15) is 12.8 Å². The van der Waals surface area contributed by atoms with Crippen LogP contribution in [-0.4, -0.2) is 64.2 Å². The van der Waals surface area contributed by atoms with Crippen LogP contribution in [0, 0.1) is 0 Å². The molecule has 2 saturated carbocycles. The average Bonchev–Trinajstić information content (AvgIpc) is 2.56. The van der Waals surface area contributed by atoms with Crippen molar-refractivity contribution in [2.24, 2.45) is 11.5 Å². The number of alkyl halides is 16. The van der Waals surface area contributed by atoms with Gasteiger partial charge in [0.15, 0.2) is 0 Å². The summed E-state index contributed by atoms with van der Waals surface area (Å²) in [6, 6.07) is 0. The van der Waals surface area contributed by atoms with Gasteiger partial charge in [-0.15, -0.1) is 0 Å². The molecular weight excluding hydrogens is 504 g/mol. The Morgan fingerprint density at radius 3 is 0.906 bits per heavy atom. The van der Waals surface area contributed by atoms with Crippen LogP contribution >= 0.6 is 0 Å². The van der Waals surface area contributed by atoms with Crippen molar-refractivity contribution in [2.75, 3.05) is 0 Å². The standard InChI is InChI=1S/C13H8F16N2O/c14-4(1-6(16,17)10(24,25)12(28,30)8(4,20)21)3(32)5(15)2-7(18,19)11(26,27)13(29,31)9(5,22)23/h1-2,30-31H2. The van der Waals surface area contributed by atoms with Crippen molar-refractivity contribution < 1.29 is 75.0 Å². The van der Waals surface area contributed by atoms with Gasteiger partial charge in [-0.2, -0.15) is 52.7 Å². The van der Waals surface area contributed by atoms with Crippen molar-refractivity contribution in [3.8, 4) is 0 Å². The molecule has 2 aliphatic carbocycles. The van der Waals surface area contributed by atoms with Crippen LogP contribution in [-0.2, 0) is 4.79 Å². The fourth-order valence-electron chi connectivity index (χ4n) is 3.32. The number of ketones is 1. The Balaban J connectivity index is 2.82. The van der Waals surface area contributed by atoms with Gasteiger partial charge in [-0.25, -0.2) is 17.6 Å². The van der Waals surface area contributed by atoms with Crippen LogP contribution in [0.2, 0.25) is 0 Å². The van der Waals surface area contributed by atoms with Crippen LogP contribution < -0.4 is 11.5 Å². The third kappa shape index (κ3) is 2.41. The summed E-state index contributed by atoms with van der Waals surface area (Å²) in [5.41, 5.74) is -5.83. The number of carbonyl (C=O) groups excluding carboxylic acids is 1. The summed E-state index contributed by atoms with van der Waals surface area (Å²) in [4.78, 5) is 11.9. The van der Waals surface area contributed by atoms with E-state index in [0.717, 1.165) is 0 Å². The van der Waals surface area contributed by atoms with Gasteiger partial charge in [0, 0.05) is 0 Å². The van der Waals surface area contributed by atoms with Crippen molar-refractivity contribution in [3.05, 3.63) is 0 Å². The molecule has 0 aromatic carbocycles. The molecule has 0 heterocycles. The van der Waals surface area contributed by atoms with E-state index >= 15 is 0 Å². The number of carbonyl (C=O) groups is 1. The van der Waals surface area contributed by atoms with E-state index in [1.54, 1.807) is 0 Å². The highest BCUT2D eigenvalue weighted by atomic mass is 19.3. The van der Waals surface area contributed by atoms with Gasteiger partial charge in [-0.05, 0) is 0 Å². The number of nitrogens with two attached hydrogens (primary N) is 2. The second-order valence-corrected chi connectivity index (χ2v) is 7.42. The van der Waals surface area contributed by atoms with Crippen LogP contribution in [0.25, 0.3) is 0 Å². The fourth-order valence-corrected chi connectivity index (χ4v) is 3.32. The molecule has 0 aromatic heterocycles. The van der Waals surface area contributed by atoms with Gasteiger partial charge < -0.3 is 0 Å². The first-order valence-electron chi connectivity index (χ1n) is 7.72. The Bertz CT molecular complexity index is 772. The smallest absolute Gasteiger partial charge is 0.292 e. The first-order valence-corrected chi connectivity index (χ1v) is 7.72. The van der Waals surface area contributed by atoms with Crippen molar-refractivity contribution >= 4 is 5.78 Å². The molecule has 0 aliphatic heterocycles. The molecule has 19 heteroatoms. The Morgan fingerprint density at radius 2 is 0.688 bits per heavy atom. The lowest BCUT2D eigenvalue weighted by Gasteiger charge is -2.54. The highest BCUT2D eigenvalue weighted by Gasteiger charge is 2.95. The normalized spacial score (nSPS) is 45.8. The van der Waals surface area contributed by atoms with Gasteiger partial charge in [0.2, 0.25) is 17.1 Å². The molecule has 0 aromatic rings. The maximum absolute atomic E-state index is 14.7. The quantitative estimate of drug-likeness (QED) is 0.437. The molecule has 2 rings (SSSR count). The van der Waals surface area contributed by atoms with Crippen LogP contribution in [0.15, 0.2) is 0 Å². The summed E-state index contributed by atoms with van der Waals surface area (Å²) in [6.45, 7) is 0. The summed E-state index contributed by atoms with van der Waals surface area (Å²) in [5, 5.41) is 0. The van der Waals surface area contributed by atoms with Crippen LogP contribution in [0.3, 0.4) is 0 Å².